The molecule has 4 aromatic carbocycles. The molecule has 4 rings (SSSR count). The number of Topliss-reactive ketones (excluding diaryl/α,β-unsaturated/α-hetero) is 1. The van der Waals surface area contributed by atoms with E-state index in [1.807, 2.05) is 78.9 Å². The fourth-order valence-electron chi connectivity index (χ4n) is 3.50. The Morgan fingerprint density at radius 1 is 0.694 bits per heavy atom. The zero-order valence-corrected chi connectivity index (χ0v) is 21.6. The molecule has 0 N–H and O–H groups in total. The van der Waals surface area contributed by atoms with Crippen LogP contribution < -0.4 is 0 Å². The molecular formula is C29H22ClNO3S2. The van der Waals surface area contributed by atoms with Crippen LogP contribution in [-0.2, 0) is 0 Å². The largest absolute Gasteiger partial charge is 0.292 e. The zero-order valence-electron chi connectivity index (χ0n) is 19.2. The lowest BCUT2D eigenvalue weighted by molar-refractivity contribution is 0.0959. The molecule has 0 aliphatic rings. The SMILES string of the molecule is O=NC(CCSc1ccc(Cl)cc1)C(=O)c1ccc(Sc2ccc(C(=O)c3ccccc3)cc2)cc1. The van der Waals surface area contributed by atoms with Crippen LogP contribution in [0.2, 0.25) is 5.02 Å². The van der Waals surface area contributed by atoms with Gasteiger partial charge in [0, 0.05) is 42.2 Å². The summed E-state index contributed by atoms with van der Waals surface area (Å²) in [5.41, 5.74) is 1.75. The van der Waals surface area contributed by atoms with E-state index in [1.54, 1.807) is 36.0 Å². The number of nitroso groups, excluding NO2 is 1. The van der Waals surface area contributed by atoms with E-state index in [1.165, 1.54) is 11.8 Å². The molecule has 0 amide bonds. The summed E-state index contributed by atoms with van der Waals surface area (Å²) in [6.45, 7) is 0. The van der Waals surface area contributed by atoms with E-state index in [0.29, 0.717) is 33.9 Å². The molecule has 0 saturated heterocycles. The Bertz CT molecular complexity index is 1330. The number of benzene rings is 4. The summed E-state index contributed by atoms with van der Waals surface area (Å²) >= 11 is 8.99. The number of nitrogens with zero attached hydrogens (tertiary/aromatic N) is 1. The molecule has 0 fully saturated rings. The molecule has 4 nitrogen and oxygen atoms in total. The average molecular weight is 532 g/mol. The number of halogens is 1. The Morgan fingerprint density at radius 2 is 1.22 bits per heavy atom. The molecule has 0 aromatic heterocycles. The van der Waals surface area contributed by atoms with Gasteiger partial charge < -0.3 is 0 Å². The van der Waals surface area contributed by atoms with E-state index < -0.39 is 6.04 Å². The third-order valence-electron chi connectivity index (χ3n) is 5.43. The molecular weight excluding hydrogens is 510 g/mol. The van der Waals surface area contributed by atoms with Crippen LogP contribution in [0.25, 0.3) is 0 Å². The third-order valence-corrected chi connectivity index (χ3v) is 7.74. The van der Waals surface area contributed by atoms with Gasteiger partial charge in [0.1, 0.15) is 0 Å². The highest BCUT2D eigenvalue weighted by molar-refractivity contribution is 7.99. The van der Waals surface area contributed by atoms with Gasteiger partial charge in [0.15, 0.2) is 17.6 Å². The van der Waals surface area contributed by atoms with Crippen molar-refractivity contribution in [3.8, 4) is 0 Å². The van der Waals surface area contributed by atoms with Gasteiger partial charge in [-0.1, -0.05) is 71.0 Å². The number of carbonyl (C=O) groups is 2. The first-order valence-corrected chi connectivity index (χ1v) is 13.4. The molecule has 7 heteroatoms. The molecule has 180 valence electrons. The van der Waals surface area contributed by atoms with E-state index in [-0.39, 0.29) is 11.6 Å². The van der Waals surface area contributed by atoms with Crippen molar-refractivity contribution < 1.29 is 9.59 Å². The molecule has 0 spiro atoms. The lowest BCUT2D eigenvalue weighted by atomic mass is 10.0. The van der Waals surface area contributed by atoms with Crippen LogP contribution in [0.5, 0.6) is 0 Å². The first-order valence-electron chi connectivity index (χ1n) is 11.3. The molecule has 1 unspecified atom stereocenters. The maximum atomic E-state index is 12.8. The second-order valence-corrected chi connectivity index (χ2v) is 10.7. The molecule has 0 heterocycles. The number of hydrogen-bond donors (Lipinski definition) is 0. The van der Waals surface area contributed by atoms with Crippen LogP contribution in [0.3, 0.4) is 0 Å². The fourth-order valence-corrected chi connectivity index (χ4v) is 5.34. The Morgan fingerprint density at radius 3 is 1.81 bits per heavy atom. The van der Waals surface area contributed by atoms with Gasteiger partial charge in [-0.05, 0) is 67.1 Å². The van der Waals surface area contributed by atoms with E-state index >= 15 is 0 Å². The average Bonchev–Trinajstić information content (AvgIpc) is 2.93. The number of ketones is 2. The molecule has 0 bridgehead atoms. The minimum Gasteiger partial charge on any atom is -0.292 e. The Hall–Kier alpha value is -3.19. The number of hydrogen-bond acceptors (Lipinski definition) is 6. The number of rotatable bonds is 11. The van der Waals surface area contributed by atoms with Crippen LogP contribution in [-0.4, -0.2) is 23.4 Å². The third kappa shape index (κ3) is 6.94. The quantitative estimate of drug-likeness (QED) is 0.111. The van der Waals surface area contributed by atoms with Gasteiger partial charge in [-0.3, -0.25) is 9.59 Å². The van der Waals surface area contributed by atoms with Crippen LogP contribution in [0.1, 0.15) is 32.7 Å². The number of thioether (sulfide) groups is 1. The second kappa shape index (κ2) is 12.7. The highest BCUT2D eigenvalue weighted by Gasteiger charge is 2.21. The van der Waals surface area contributed by atoms with Crippen LogP contribution in [0.15, 0.2) is 123 Å². The van der Waals surface area contributed by atoms with Gasteiger partial charge in [-0.15, -0.1) is 11.8 Å². The molecule has 0 aliphatic heterocycles. The minimum absolute atomic E-state index is 0.0140. The van der Waals surface area contributed by atoms with Crippen LogP contribution in [0.4, 0.5) is 0 Å². The van der Waals surface area contributed by atoms with Crippen molar-refractivity contribution >= 4 is 46.7 Å². The molecule has 1 atom stereocenters. The predicted octanol–water partition coefficient (Wildman–Crippen LogP) is 8.22. The van der Waals surface area contributed by atoms with Crippen molar-refractivity contribution in [2.75, 3.05) is 5.75 Å². The standard InChI is InChI=1S/C29H22ClNO3S2/c30-23-10-16-24(17-11-23)35-19-18-27(31-34)29(33)22-8-14-26(15-9-22)36-25-12-6-21(7-13-25)28(32)20-4-2-1-3-5-20/h1-17,27H,18-19H2. The van der Waals surface area contributed by atoms with Crippen molar-refractivity contribution in [2.24, 2.45) is 5.18 Å². The van der Waals surface area contributed by atoms with E-state index in [9.17, 15) is 14.5 Å². The summed E-state index contributed by atoms with van der Waals surface area (Å²) in [5.74, 6) is 0.308. The summed E-state index contributed by atoms with van der Waals surface area (Å²) in [6.07, 6.45) is 0.361. The predicted molar refractivity (Wildman–Crippen MR) is 148 cm³/mol. The molecule has 4 aromatic rings. The summed E-state index contributed by atoms with van der Waals surface area (Å²) in [7, 11) is 0. The summed E-state index contributed by atoms with van der Waals surface area (Å²) in [5, 5.41) is 3.74. The van der Waals surface area contributed by atoms with Gasteiger partial charge >= 0.3 is 0 Å². The normalized spacial score (nSPS) is 11.6. The first-order chi connectivity index (χ1) is 17.5. The van der Waals surface area contributed by atoms with E-state index in [2.05, 4.69) is 5.18 Å². The molecule has 0 radical (unpaired) electrons. The summed E-state index contributed by atoms with van der Waals surface area (Å²) in [4.78, 5) is 39.7. The van der Waals surface area contributed by atoms with Crippen molar-refractivity contribution in [3.63, 3.8) is 0 Å². The zero-order chi connectivity index (χ0) is 25.3. The van der Waals surface area contributed by atoms with Gasteiger partial charge in [-0.25, -0.2) is 0 Å². The van der Waals surface area contributed by atoms with Crippen LogP contribution >= 0.6 is 35.1 Å². The van der Waals surface area contributed by atoms with Crippen molar-refractivity contribution in [2.45, 2.75) is 27.1 Å². The van der Waals surface area contributed by atoms with Gasteiger partial charge in [0.25, 0.3) is 0 Å². The van der Waals surface area contributed by atoms with Gasteiger partial charge in [0.2, 0.25) is 0 Å². The summed E-state index contributed by atoms with van der Waals surface area (Å²) in [6, 6.07) is 30.3. The molecule has 0 saturated carbocycles. The van der Waals surface area contributed by atoms with Gasteiger partial charge in [0.05, 0.1) is 0 Å². The summed E-state index contributed by atoms with van der Waals surface area (Å²) < 4.78 is 0. The molecule has 0 aliphatic carbocycles. The smallest absolute Gasteiger partial charge is 0.193 e. The highest BCUT2D eigenvalue weighted by Crippen LogP contribution is 2.29. The Balaban J connectivity index is 1.32. The fraction of sp³-hybridized carbons (Fsp3) is 0.103. The topological polar surface area (TPSA) is 63.6 Å². The van der Waals surface area contributed by atoms with E-state index in [4.69, 9.17) is 11.6 Å². The second-order valence-electron chi connectivity index (χ2n) is 7.92. The minimum atomic E-state index is -0.919. The Kier molecular flexibility index (Phi) is 9.11. The molecule has 36 heavy (non-hydrogen) atoms. The lowest BCUT2D eigenvalue weighted by Crippen LogP contribution is -2.19. The lowest BCUT2D eigenvalue weighted by Gasteiger charge is -2.09. The van der Waals surface area contributed by atoms with Gasteiger partial charge in [-0.2, -0.15) is 4.91 Å². The number of carbonyl (C=O) groups excluding carboxylic acids is 2. The van der Waals surface area contributed by atoms with Crippen molar-refractivity contribution in [1.29, 1.82) is 0 Å². The van der Waals surface area contributed by atoms with Crippen molar-refractivity contribution in [1.82, 2.24) is 0 Å². The Labute approximate surface area is 223 Å². The maximum Gasteiger partial charge on any atom is 0.193 e. The van der Waals surface area contributed by atoms with E-state index in [0.717, 1.165) is 14.7 Å². The first kappa shape index (κ1) is 25.9. The van der Waals surface area contributed by atoms with Crippen molar-refractivity contribution in [3.05, 3.63) is 130 Å². The maximum absolute atomic E-state index is 12.8. The highest BCUT2D eigenvalue weighted by atomic mass is 35.5. The van der Waals surface area contributed by atoms with Crippen LogP contribution in [0, 0.1) is 4.91 Å². The monoisotopic (exact) mass is 531 g/mol.